The van der Waals surface area contributed by atoms with Gasteiger partial charge in [0.1, 0.15) is 5.60 Å². The minimum Gasteiger partial charge on any atom is -0.362 e. The van der Waals surface area contributed by atoms with Gasteiger partial charge in [-0.15, -0.1) is 0 Å². The summed E-state index contributed by atoms with van der Waals surface area (Å²) in [6.07, 6.45) is 2.91. The summed E-state index contributed by atoms with van der Waals surface area (Å²) in [5, 5.41) is 0. The zero-order valence-corrected chi connectivity index (χ0v) is 14.6. The van der Waals surface area contributed by atoms with Crippen LogP contribution >= 0.6 is 22.6 Å². The molecule has 1 fully saturated rings. The average Bonchev–Trinajstić information content (AvgIpc) is 2.46. The quantitative estimate of drug-likeness (QED) is 0.436. The molecule has 2 nitrogen and oxygen atoms in total. The topological polar surface area (TPSA) is 26.3 Å². The fourth-order valence-electron chi connectivity index (χ4n) is 3.14. The number of alkyl halides is 1. The number of hydrogen-bond donors (Lipinski definition) is 0. The Morgan fingerprint density at radius 2 is 2.00 bits per heavy atom. The zero-order valence-electron chi connectivity index (χ0n) is 12.4. The lowest BCUT2D eigenvalue weighted by Gasteiger charge is -2.51. The highest BCUT2D eigenvalue weighted by molar-refractivity contribution is 14.1. The number of halogens is 1. The van der Waals surface area contributed by atoms with Gasteiger partial charge < -0.3 is 9.53 Å². The lowest BCUT2D eigenvalue weighted by molar-refractivity contribution is -0.165. The van der Waals surface area contributed by atoms with Crippen molar-refractivity contribution in [3.05, 3.63) is 35.9 Å². The van der Waals surface area contributed by atoms with Gasteiger partial charge in [0.2, 0.25) is 0 Å². The highest BCUT2D eigenvalue weighted by atomic mass is 127. The standard InChI is InChI=1S/C17H23IO2/c1-13-9-10-17(12-19,16(2,3)15(13)18)20-11-14-7-5-4-6-8-14/h4-8,12-13,15H,9-11H2,1-3H3/t13?,15?,17-/m1/s1. The van der Waals surface area contributed by atoms with Crippen LogP contribution in [-0.4, -0.2) is 15.8 Å². The van der Waals surface area contributed by atoms with Gasteiger partial charge in [0.05, 0.1) is 6.61 Å². The molecule has 3 heteroatoms. The normalized spacial score (nSPS) is 32.8. The number of carbonyl (C=O) groups excluding carboxylic acids is 1. The van der Waals surface area contributed by atoms with E-state index >= 15 is 0 Å². The molecule has 0 aromatic heterocycles. The Bertz CT molecular complexity index is 457. The van der Waals surface area contributed by atoms with Gasteiger partial charge in [-0.3, -0.25) is 0 Å². The summed E-state index contributed by atoms with van der Waals surface area (Å²) >= 11 is 2.49. The molecule has 0 N–H and O–H groups in total. The second-order valence-electron chi connectivity index (χ2n) is 6.42. The van der Waals surface area contributed by atoms with Crippen molar-refractivity contribution in [2.45, 2.75) is 49.7 Å². The molecule has 0 spiro atoms. The van der Waals surface area contributed by atoms with Crippen LogP contribution in [-0.2, 0) is 16.1 Å². The molecule has 1 aromatic carbocycles. The van der Waals surface area contributed by atoms with Gasteiger partial charge in [0.15, 0.2) is 6.29 Å². The Hall–Kier alpha value is -0.420. The Balaban J connectivity index is 2.18. The number of benzene rings is 1. The molecule has 20 heavy (non-hydrogen) atoms. The van der Waals surface area contributed by atoms with Gasteiger partial charge >= 0.3 is 0 Å². The summed E-state index contributed by atoms with van der Waals surface area (Å²) in [6, 6.07) is 10.1. The summed E-state index contributed by atoms with van der Waals surface area (Å²) in [5.74, 6) is 0.624. The number of rotatable bonds is 4. The molecular weight excluding hydrogens is 363 g/mol. The van der Waals surface area contributed by atoms with Gasteiger partial charge in [0, 0.05) is 9.34 Å². The summed E-state index contributed by atoms with van der Waals surface area (Å²) in [4.78, 5) is 11.8. The third-order valence-corrected chi connectivity index (χ3v) is 7.57. The molecule has 0 radical (unpaired) electrons. The third kappa shape index (κ3) is 2.80. The zero-order chi connectivity index (χ0) is 14.8. The summed E-state index contributed by atoms with van der Waals surface area (Å²) in [7, 11) is 0. The molecule has 0 aliphatic heterocycles. The molecule has 110 valence electrons. The molecule has 0 amide bonds. The molecule has 0 saturated heterocycles. The van der Waals surface area contributed by atoms with E-state index in [1.807, 2.05) is 30.3 Å². The fourth-order valence-corrected chi connectivity index (χ4v) is 4.03. The largest absolute Gasteiger partial charge is 0.362 e. The van der Waals surface area contributed by atoms with Gasteiger partial charge in [-0.05, 0) is 24.3 Å². The van der Waals surface area contributed by atoms with Crippen LogP contribution in [0, 0.1) is 11.3 Å². The molecule has 2 unspecified atom stereocenters. The summed E-state index contributed by atoms with van der Waals surface area (Å²) in [5.41, 5.74) is 0.302. The number of hydrogen-bond acceptors (Lipinski definition) is 2. The Morgan fingerprint density at radius 3 is 2.60 bits per heavy atom. The lowest BCUT2D eigenvalue weighted by Crippen LogP contribution is -2.57. The molecule has 1 saturated carbocycles. The number of carbonyl (C=O) groups is 1. The van der Waals surface area contributed by atoms with Crippen molar-refractivity contribution in [3.8, 4) is 0 Å². The minimum atomic E-state index is -0.665. The van der Waals surface area contributed by atoms with Crippen molar-refractivity contribution in [1.29, 1.82) is 0 Å². The molecule has 1 aliphatic rings. The van der Waals surface area contributed by atoms with Crippen LogP contribution in [0.4, 0.5) is 0 Å². The minimum absolute atomic E-state index is 0.151. The van der Waals surface area contributed by atoms with Gasteiger partial charge in [-0.25, -0.2) is 0 Å². The molecule has 1 aromatic rings. The van der Waals surface area contributed by atoms with Crippen LogP contribution in [0.1, 0.15) is 39.2 Å². The number of ether oxygens (including phenoxy) is 1. The number of aldehydes is 1. The van der Waals surface area contributed by atoms with E-state index in [0.29, 0.717) is 16.4 Å². The monoisotopic (exact) mass is 386 g/mol. The highest BCUT2D eigenvalue weighted by Crippen LogP contribution is 2.51. The van der Waals surface area contributed by atoms with Crippen LogP contribution in [0.25, 0.3) is 0 Å². The first kappa shape index (κ1) is 16.0. The van der Waals surface area contributed by atoms with Crippen LogP contribution in [0.15, 0.2) is 30.3 Å². The van der Waals surface area contributed by atoms with Crippen LogP contribution in [0.5, 0.6) is 0 Å². The predicted molar refractivity (Wildman–Crippen MR) is 90.0 cm³/mol. The predicted octanol–water partition coefficient (Wildman–Crippen LogP) is 4.40. The van der Waals surface area contributed by atoms with Crippen molar-refractivity contribution >= 4 is 28.9 Å². The van der Waals surface area contributed by atoms with Crippen molar-refractivity contribution in [2.75, 3.05) is 0 Å². The second kappa shape index (κ2) is 6.14. The van der Waals surface area contributed by atoms with Crippen molar-refractivity contribution in [2.24, 2.45) is 11.3 Å². The maximum absolute atomic E-state index is 11.8. The van der Waals surface area contributed by atoms with E-state index in [9.17, 15) is 4.79 Å². The molecular formula is C17H23IO2. The van der Waals surface area contributed by atoms with E-state index in [4.69, 9.17) is 4.74 Å². The van der Waals surface area contributed by atoms with E-state index in [1.165, 1.54) is 0 Å². The van der Waals surface area contributed by atoms with Crippen LogP contribution in [0.2, 0.25) is 0 Å². The van der Waals surface area contributed by atoms with Crippen LogP contribution < -0.4 is 0 Å². The molecule has 2 rings (SSSR count). The second-order valence-corrected chi connectivity index (χ2v) is 7.76. The molecule has 0 heterocycles. The summed E-state index contributed by atoms with van der Waals surface area (Å²) < 4.78 is 6.61. The lowest BCUT2D eigenvalue weighted by atomic mass is 9.63. The first-order valence-corrected chi connectivity index (χ1v) is 8.46. The van der Waals surface area contributed by atoms with Crippen molar-refractivity contribution < 1.29 is 9.53 Å². The van der Waals surface area contributed by atoms with E-state index < -0.39 is 5.60 Å². The molecule has 3 atom stereocenters. The van der Waals surface area contributed by atoms with Crippen molar-refractivity contribution in [3.63, 3.8) is 0 Å². The van der Waals surface area contributed by atoms with Crippen molar-refractivity contribution in [1.82, 2.24) is 0 Å². The Kier molecular flexibility index (Phi) is 4.90. The Labute approximate surface area is 135 Å². The maximum atomic E-state index is 11.8. The highest BCUT2D eigenvalue weighted by Gasteiger charge is 2.54. The Morgan fingerprint density at radius 1 is 1.35 bits per heavy atom. The van der Waals surface area contributed by atoms with E-state index in [-0.39, 0.29) is 5.41 Å². The first-order valence-electron chi connectivity index (χ1n) is 7.21. The smallest absolute Gasteiger partial charge is 0.152 e. The van der Waals surface area contributed by atoms with Gasteiger partial charge in [0.25, 0.3) is 0 Å². The molecule has 1 aliphatic carbocycles. The average molecular weight is 386 g/mol. The van der Waals surface area contributed by atoms with E-state index in [2.05, 4.69) is 43.4 Å². The molecule has 0 bridgehead atoms. The SMILES string of the molecule is CC1CC[C@](C=O)(OCc2ccccc2)C(C)(C)C1I. The fraction of sp³-hybridized carbons (Fsp3) is 0.588. The van der Waals surface area contributed by atoms with Gasteiger partial charge in [-0.1, -0.05) is 73.7 Å². The van der Waals surface area contributed by atoms with E-state index in [1.54, 1.807) is 0 Å². The summed E-state index contributed by atoms with van der Waals surface area (Å²) in [6.45, 7) is 7.10. The van der Waals surface area contributed by atoms with E-state index in [0.717, 1.165) is 24.7 Å². The third-order valence-electron chi connectivity index (χ3n) is 4.78. The van der Waals surface area contributed by atoms with Gasteiger partial charge in [-0.2, -0.15) is 0 Å². The van der Waals surface area contributed by atoms with Crippen LogP contribution in [0.3, 0.4) is 0 Å². The maximum Gasteiger partial charge on any atom is 0.152 e. The first-order chi connectivity index (χ1) is 9.43.